The Labute approximate surface area is 104 Å². The molecular formula is C13H24N2O2. The lowest BCUT2D eigenvalue weighted by atomic mass is 10.0. The summed E-state index contributed by atoms with van der Waals surface area (Å²) in [5.41, 5.74) is 0. The minimum atomic E-state index is -0.157. The van der Waals surface area contributed by atoms with Crippen LogP contribution in [0.25, 0.3) is 0 Å². The molecule has 2 saturated heterocycles. The Morgan fingerprint density at radius 1 is 1.18 bits per heavy atom. The van der Waals surface area contributed by atoms with Gasteiger partial charge in [0.2, 0.25) is 5.91 Å². The number of hydrogen-bond donors (Lipinski definition) is 1. The van der Waals surface area contributed by atoms with Crippen LogP contribution in [0.3, 0.4) is 0 Å². The number of nitrogens with zero attached hydrogens (tertiary/aromatic N) is 2. The summed E-state index contributed by atoms with van der Waals surface area (Å²) in [4.78, 5) is 16.4. The van der Waals surface area contributed by atoms with Gasteiger partial charge < -0.3 is 10.0 Å². The van der Waals surface area contributed by atoms with Crippen LogP contribution in [0.1, 0.15) is 39.0 Å². The van der Waals surface area contributed by atoms with Gasteiger partial charge in [0.05, 0.1) is 12.6 Å². The quantitative estimate of drug-likeness (QED) is 0.778. The highest BCUT2D eigenvalue weighted by atomic mass is 16.3. The molecule has 2 heterocycles. The summed E-state index contributed by atoms with van der Waals surface area (Å²) in [6, 6.07) is 0.409. The van der Waals surface area contributed by atoms with Crippen LogP contribution in [0.5, 0.6) is 0 Å². The van der Waals surface area contributed by atoms with Crippen LogP contribution in [0.2, 0.25) is 0 Å². The summed E-state index contributed by atoms with van der Waals surface area (Å²) in [7, 11) is 0. The van der Waals surface area contributed by atoms with Gasteiger partial charge in [-0.15, -0.1) is 0 Å². The number of rotatable bonds is 2. The van der Waals surface area contributed by atoms with E-state index < -0.39 is 0 Å². The zero-order valence-electron chi connectivity index (χ0n) is 10.8. The number of aliphatic hydroxyl groups excluding tert-OH is 1. The van der Waals surface area contributed by atoms with Crippen molar-refractivity contribution in [3.05, 3.63) is 0 Å². The summed E-state index contributed by atoms with van der Waals surface area (Å²) >= 11 is 0. The van der Waals surface area contributed by atoms with Crippen molar-refractivity contribution in [1.29, 1.82) is 0 Å². The summed E-state index contributed by atoms with van der Waals surface area (Å²) in [5, 5.41) is 9.43. The number of carbonyl (C=O) groups is 1. The molecule has 0 aromatic rings. The molecule has 0 aromatic carbocycles. The molecule has 0 aromatic heterocycles. The first-order valence-corrected chi connectivity index (χ1v) is 6.86. The maximum atomic E-state index is 12.2. The van der Waals surface area contributed by atoms with Crippen LogP contribution in [0, 0.1) is 0 Å². The Bertz CT molecular complexity index is 262. The smallest absolute Gasteiger partial charge is 0.236 e. The third kappa shape index (κ3) is 3.42. The Kier molecular flexibility index (Phi) is 4.40. The summed E-state index contributed by atoms with van der Waals surface area (Å²) < 4.78 is 0. The Hall–Kier alpha value is -0.610. The van der Waals surface area contributed by atoms with Gasteiger partial charge in [0.15, 0.2) is 0 Å². The third-order valence-corrected chi connectivity index (χ3v) is 4.04. The van der Waals surface area contributed by atoms with E-state index in [1.54, 1.807) is 0 Å². The topological polar surface area (TPSA) is 43.8 Å². The first-order chi connectivity index (χ1) is 8.16. The molecule has 2 aliphatic heterocycles. The summed E-state index contributed by atoms with van der Waals surface area (Å²) in [6.45, 7) is 5.33. The molecule has 0 radical (unpaired) electrons. The second kappa shape index (κ2) is 5.83. The second-order valence-electron chi connectivity index (χ2n) is 5.44. The van der Waals surface area contributed by atoms with E-state index in [2.05, 4.69) is 11.8 Å². The molecular weight excluding hydrogens is 216 g/mol. The predicted octanol–water partition coefficient (Wildman–Crippen LogP) is 0.844. The number of carbonyl (C=O) groups excluding carboxylic acids is 1. The lowest BCUT2D eigenvalue weighted by molar-refractivity contribution is -0.136. The lowest BCUT2D eigenvalue weighted by Crippen LogP contribution is -2.48. The fraction of sp³-hybridized carbons (Fsp3) is 0.923. The van der Waals surface area contributed by atoms with E-state index in [9.17, 15) is 9.90 Å². The zero-order chi connectivity index (χ0) is 12.3. The lowest BCUT2D eigenvalue weighted by Gasteiger charge is -2.36. The van der Waals surface area contributed by atoms with Gasteiger partial charge in [-0.25, -0.2) is 0 Å². The molecule has 4 nitrogen and oxygen atoms in total. The van der Waals surface area contributed by atoms with Crippen LogP contribution in [0.4, 0.5) is 0 Å². The van der Waals surface area contributed by atoms with E-state index in [4.69, 9.17) is 0 Å². The molecule has 98 valence electrons. The van der Waals surface area contributed by atoms with Gasteiger partial charge in [0.1, 0.15) is 0 Å². The van der Waals surface area contributed by atoms with E-state index in [0.717, 1.165) is 45.3 Å². The molecule has 0 bridgehead atoms. The van der Waals surface area contributed by atoms with Crippen molar-refractivity contribution in [3.63, 3.8) is 0 Å². The van der Waals surface area contributed by atoms with Gasteiger partial charge in [0, 0.05) is 25.7 Å². The number of aliphatic hydroxyl groups is 1. The first kappa shape index (κ1) is 12.8. The molecule has 0 saturated carbocycles. The van der Waals surface area contributed by atoms with Crippen molar-refractivity contribution in [3.8, 4) is 0 Å². The molecule has 4 heteroatoms. The minimum Gasteiger partial charge on any atom is -0.393 e. The van der Waals surface area contributed by atoms with Crippen molar-refractivity contribution in [2.45, 2.75) is 51.2 Å². The maximum absolute atomic E-state index is 12.2. The fourth-order valence-corrected chi connectivity index (χ4v) is 2.83. The van der Waals surface area contributed by atoms with E-state index in [1.165, 1.54) is 6.42 Å². The molecule has 0 spiro atoms. The molecule has 17 heavy (non-hydrogen) atoms. The second-order valence-corrected chi connectivity index (χ2v) is 5.44. The molecule has 2 fully saturated rings. The SMILES string of the molecule is C[C@@H]1CCCCN1C(=O)CN1CCC(O)CC1. The van der Waals surface area contributed by atoms with Crippen molar-refractivity contribution in [1.82, 2.24) is 9.80 Å². The molecule has 1 N–H and O–H groups in total. The molecule has 0 aliphatic carbocycles. The molecule has 1 amide bonds. The Morgan fingerprint density at radius 2 is 1.88 bits per heavy atom. The van der Waals surface area contributed by atoms with Crippen molar-refractivity contribution in [2.75, 3.05) is 26.2 Å². The molecule has 2 rings (SSSR count). The Balaban J connectivity index is 1.79. The normalized spacial score (nSPS) is 28.4. The largest absolute Gasteiger partial charge is 0.393 e. The maximum Gasteiger partial charge on any atom is 0.236 e. The fourth-order valence-electron chi connectivity index (χ4n) is 2.83. The predicted molar refractivity (Wildman–Crippen MR) is 66.7 cm³/mol. The monoisotopic (exact) mass is 240 g/mol. The van der Waals surface area contributed by atoms with Gasteiger partial charge in [-0.2, -0.15) is 0 Å². The highest BCUT2D eigenvalue weighted by Crippen LogP contribution is 2.17. The van der Waals surface area contributed by atoms with E-state index in [-0.39, 0.29) is 12.0 Å². The van der Waals surface area contributed by atoms with Crippen LogP contribution in [-0.2, 0) is 4.79 Å². The number of amides is 1. The average molecular weight is 240 g/mol. The van der Waals surface area contributed by atoms with E-state index in [0.29, 0.717) is 12.6 Å². The van der Waals surface area contributed by atoms with Gasteiger partial charge in [-0.05, 0) is 39.0 Å². The van der Waals surface area contributed by atoms with Gasteiger partial charge in [-0.3, -0.25) is 9.69 Å². The van der Waals surface area contributed by atoms with Gasteiger partial charge in [-0.1, -0.05) is 0 Å². The van der Waals surface area contributed by atoms with Crippen molar-refractivity contribution < 1.29 is 9.90 Å². The van der Waals surface area contributed by atoms with Crippen molar-refractivity contribution >= 4 is 5.91 Å². The van der Waals surface area contributed by atoms with Crippen LogP contribution < -0.4 is 0 Å². The molecule has 1 atom stereocenters. The first-order valence-electron chi connectivity index (χ1n) is 6.86. The average Bonchev–Trinajstić information content (AvgIpc) is 2.32. The molecule has 2 aliphatic rings. The number of hydrogen-bond acceptors (Lipinski definition) is 3. The number of piperidine rings is 2. The van der Waals surface area contributed by atoms with E-state index >= 15 is 0 Å². The summed E-state index contributed by atoms with van der Waals surface area (Å²) in [6.07, 6.45) is 5.00. The Morgan fingerprint density at radius 3 is 2.53 bits per heavy atom. The van der Waals surface area contributed by atoms with Crippen LogP contribution in [-0.4, -0.2) is 59.1 Å². The highest BCUT2D eigenvalue weighted by Gasteiger charge is 2.26. The van der Waals surface area contributed by atoms with Crippen LogP contribution in [0.15, 0.2) is 0 Å². The van der Waals surface area contributed by atoms with Gasteiger partial charge >= 0.3 is 0 Å². The standard InChI is InChI=1S/C13H24N2O2/c1-11-4-2-3-7-15(11)13(17)10-14-8-5-12(16)6-9-14/h11-12,16H,2-10H2,1H3/t11-/m1/s1. The van der Waals surface area contributed by atoms with Crippen LogP contribution >= 0.6 is 0 Å². The van der Waals surface area contributed by atoms with Gasteiger partial charge in [0.25, 0.3) is 0 Å². The zero-order valence-corrected chi connectivity index (χ0v) is 10.8. The van der Waals surface area contributed by atoms with Crippen molar-refractivity contribution in [2.24, 2.45) is 0 Å². The molecule has 0 unspecified atom stereocenters. The van der Waals surface area contributed by atoms with E-state index in [1.807, 2.05) is 4.90 Å². The third-order valence-electron chi connectivity index (χ3n) is 4.04. The minimum absolute atomic E-state index is 0.157. The summed E-state index contributed by atoms with van der Waals surface area (Å²) in [5.74, 6) is 0.272. The number of likely N-dealkylation sites (tertiary alicyclic amines) is 2. The highest BCUT2D eigenvalue weighted by molar-refractivity contribution is 5.78.